The van der Waals surface area contributed by atoms with E-state index in [0.29, 0.717) is 0 Å². The SMILES string of the molecule is [V].[V].c1ccc([N-]c2ccc(-c3ccc([N-]c4ccccc4)cc3)cc2)cc1. The van der Waals surface area contributed by atoms with Gasteiger partial charge in [0.25, 0.3) is 0 Å². The average Bonchev–Trinajstić information content (AvgIpc) is 2.71. The minimum atomic E-state index is 0. The van der Waals surface area contributed by atoms with Crippen molar-refractivity contribution in [3.63, 3.8) is 0 Å². The first-order valence-electron chi connectivity index (χ1n) is 8.61. The summed E-state index contributed by atoms with van der Waals surface area (Å²) in [5, 5.41) is 9.24. The minimum Gasteiger partial charge on any atom is -0.658 e. The number of hydrogen-bond acceptors (Lipinski definition) is 0. The van der Waals surface area contributed by atoms with E-state index in [2.05, 4.69) is 34.9 Å². The Morgan fingerprint density at radius 1 is 0.321 bits per heavy atom. The predicted octanol–water partition coefficient (Wildman–Crippen LogP) is 8.02. The van der Waals surface area contributed by atoms with Crippen LogP contribution in [0.5, 0.6) is 0 Å². The first-order chi connectivity index (χ1) is 12.9. The van der Waals surface area contributed by atoms with Gasteiger partial charge in [-0.3, -0.25) is 0 Å². The van der Waals surface area contributed by atoms with Crippen molar-refractivity contribution in [1.82, 2.24) is 0 Å². The van der Waals surface area contributed by atoms with Gasteiger partial charge in [-0.1, -0.05) is 109 Å². The molecule has 0 aliphatic rings. The summed E-state index contributed by atoms with van der Waals surface area (Å²) in [6.07, 6.45) is 0. The first kappa shape index (κ1) is 21.9. The summed E-state index contributed by atoms with van der Waals surface area (Å²) in [5.41, 5.74) is 6.18. The Labute approximate surface area is 190 Å². The van der Waals surface area contributed by atoms with Crippen molar-refractivity contribution in [2.45, 2.75) is 0 Å². The number of rotatable bonds is 5. The Kier molecular flexibility index (Phi) is 8.50. The van der Waals surface area contributed by atoms with Crippen LogP contribution in [-0.4, -0.2) is 0 Å². The predicted molar refractivity (Wildman–Crippen MR) is 110 cm³/mol. The van der Waals surface area contributed by atoms with Crippen molar-refractivity contribution < 1.29 is 37.1 Å². The van der Waals surface area contributed by atoms with Crippen molar-refractivity contribution in [2.75, 3.05) is 0 Å². The van der Waals surface area contributed by atoms with Crippen LogP contribution in [0.4, 0.5) is 22.7 Å². The summed E-state index contributed by atoms with van der Waals surface area (Å²) in [6.45, 7) is 0. The average molecular weight is 436 g/mol. The molecule has 0 aliphatic carbocycles. The monoisotopic (exact) mass is 436 g/mol. The van der Waals surface area contributed by atoms with E-state index in [1.54, 1.807) is 0 Å². The maximum absolute atomic E-state index is 4.62. The van der Waals surface area contributed by atoms with Crippen LogP contribution in [0.3, 0.4) is 0 Å². The Bertz CT molecular complexity index is 872. The van der Waals surface area contributed by atoms with Crippen LogP contribution >= 0.6 is 0 Å². The molecule has 0 N–H and O–H groups in total. The van der Waals surface area contributed by atoms with Gasteiger partial charge < -0.3 is 10.6 Å². The molecule has 0 aliphatic heterocycles. The third-order valence-corrected chi connectivity index (χ3v) is 4.10. The second kappa shape index (κ2) is 10.8. The summed E-state index contributed by atoms with van der Waals surface area (Å²) in [4.78, 5) is 0. The molecule has 136 valence electrons. The van der Waals surface area contributed by atoms with Crippen molar-refractivity contribution in [2.24, 2.45) is 0 Å². The van der Waals surface area contributed by atoms with Gasteiger partial charge in [0, 0.05) is 37.1 Å². The van der Waals surface area contributed by atoms with Crippen LogP contribution in [-0.2, 0) is 37.1 Å². The van der Waals surface area contributed by atoms with E-state index in [0.717, 1.165) is 22.7 Å². The molecule has 4 aromatic rings. The molecule has 0 heterocycles. The molecule has 2 radical (unpaired) electrons. The molecule has 0 saturated heterocycles. The number of hydrogen-bond donors (Lipinski definition) is 0. The molecule has 0 spiro atoms. The molecule has 0 atom stereocenters. The molecule has 0 unspecified atom stereocenters. The van der Waals surface area contributed by atoms with E-state index >= 15 is 0 Å². The summed E-state index contributed by atoms with van der Waals surface area (Å²) in [5.74, 6) is 0. The van der Waals surface area contributed by atoms with Crippen molar-refractivity contribution >= 4 is 22.7 Å². The van der Waals surface area contributed by atoms with Gasteiger partial charge in [0.05, 0.1) is 0 Å². The molecule has 0 aromatic heterocycles. The molecule has 4 aromatic carbocycles. The fourth-order valence-corrected chi connectivity index (χ4v) is 2.76. The van der Waals surface area contributed by atoms with Gasteiger partial charge in [-0.05, 0) is 11.1 Å². The molecular weight excluding hydrogens is 418 g/mol. The molecule has 0 saturated carbocycles. The van der Waals surface area contributed by atoms with Gasteiger partial charge in [-0.2, -0.15) is 0 Å². The second-order valence-corrected chi connectivity index (χ2v) is 5.99. The van der Waals surface area contributed by atoms with Gasteiger partial charge in [0.15, 0.2) is 0 Å². The Hall–Kier alpha value is -2.35. The number of para-hydroxylation sites is 2. The van der Waals surface area contributed by atoms with Crippen molar-refractivity contribution in [3.05, 3.63) is 120 Å². The zero-order valence-electron chi connectivity index (χ0n) is 15.2. The fourth-order valence-electron chi connectivity index (χ4n) is 2.76. The van der Waals surface area contributed by atoms with E-state index in [-0.39, 0.29) is 37.1 Å². The fraction of sp³-hybridized carbons (Fsp3) is 0. The minimum absolute atomic E-state index is 0. The van der Waals surface area contributed by atoms with Crippen molar-refractivity contribution in [3.8, 4) is 11.1 Å². The van der Waals surface area contributed by atoms with E-state index in [9.17, 15) is 0 Å². The third-order valence-electron chi connectivity index (χ3n) is 4.10. The van der Waals surface area contributed by atoms with E-state index in [1.165, 1.54) is 11.1 Å². The molecule has 28 heavy (non-hydrogen) atoms. The smallest absolute Gasteiger partial charge is 0 e. The first-order valence-corrected chi connectivity index (χ1v) is 8.61. The third kappa shape index (κ3) is 5.82. The summed E-state index contributed by atoms with van der Waals surface area (Å²) >= 11 is 0. The molecule has 4 heteroatoms. The molecule has 0 bridgehead atoms. The van der Waals surface area contributed by atoms with E-state index in [4.69, 9.17) is 0 Å². The zero-order valence-corrected chi connectivity index (χ0v) is 18.0. The standard InChI is InChI=1S/C24H18N2.2V/c1-3-7-21(8-4-1)25-23-15-11-19(12-16-23)20-13-17-24(18-14-20)26-22-9-5-2-6-10-22;;/h1-18H;;/q-2;;. The van der Waals surface area contributed by atoms with Crippen LogP contribution in [0.25, 0.3) is 21.8 Å². The van der Waals surface area contributed by atoms with Crippen LogP contribution in [0.2, 0.25) is 0 Å². The van der Waals surface area contributed by atoms with Crippen molar-refractivity contribution in [1.29, 1.82) is 0 Å². The van der Waals surface area contributed by atoms with Gasteiger partial charge in [0.2, 0.25) is 0 Å². The molecule has 4 rings (SSSR count). The Morgan fingerprint density at radius 3 is 0.929 bits per heavy atom. The zero-order chi connectivity index (χ0) is 17.6. The topological polar surface area (TPSA) is 28.2 Å². The summed E-state index contributed by atoms with van der Waals surface area (Å²) in [6, 6.07) is 36.6. The molecular formula is C24H18N2V2-2. The second-order valence-electron chi connectivity index (χ2n) is 5.99. The maximum atomic E-state index is 4.62. The van der Waals surface area contributed by atoms with E-state index < -0.39 is 0 Å². The van der Waals surface area contributed by atoms with Gasteiger partial charge >= 0.3 is 0 Å². The van der Waals surface area contributed by atoms with Gasteiger partial charge in [-0.25, -0.2) is 0 Å². The number of nitrogens with zero attached hydrogens (tertiary/aromatic N) is 2. The largest absolute Gasteiger partial charge is 0.658 e. The van der Waals surface area contributed by atoms with Crippen LogP contribution in [0, 0.1) is 0 Å². The normalized spacial score (nSPS) is 9.57. The van der Waals surface area contributed by atoms with Gasteiger partial charge in [0.1, 0.15) is 0 Å². The number of benzene rings is 4. The van der Waals surface area contributed by atoms with Gasteiger partial charge in [-0.15, -0.1) is 22.7 Å². The van der Waals surface area contributed by atoms with Crippen LogP contribution < -0.4 is 0 Å². The maximum Gasteiger partial charge on any atom is 0 e. The van der Waals surface area contributed by atoms with Crippen LogP contribution in [0.15, 0.2) is 109 Å². The summed E-state index contributed by atoms with van der Waals surface area (Å²) < 4.78 is 0. The summed E-state index contributed by atoms with van der Waals surface area (Å²) in [7, 11) is 0. The quantitative estimate of drug-likeness (QED) is 0.303. The molecule has 0 fully saturated rings. The van der Waals surface area contributed by atoms with E-state index in [1.807, 2.05) is 84.9 Å². The molecule has 2 nitrogen and oxygen atoms in total. The van der Waals surface area contributed by atoms with Crippen LogP contribution in [0.1, 0.15) is 0 Å². The molecule has 0 amide bonds. The Morgan fingerprint density at radius 2 is 0.607 bits per heavy atom. The Balaban J connectivity index is 0.00000140.